The van der Waals surface area contributed by atoms with Crippen LogP contribution >= 0.6 is 0 Å². The largest absolute Gasteiger partial charge is 0.491 e. The Morgan fingerprint density at radius 2 is 1.52 bits per heavy atom. The van der Waals surface area contributed by atoms with Gasteiger partial charge < -0.3 is 4.74 Å². The molecule has 21 heavy (non-hydrogen) atoms. The molecule has 1 rings (SSSR count). The van der Waals surface area contributed by atoms with Crippen molar-refractivity contribution in [2.45, 2.75) is 77.7 Å². The summed E-state index contributed by atoms with van der Waals surface area (Å²) in [6, 6.07) is 8.15. The second kappa shape index (κ2) is 11.4. The van der Waals surface area contributed by atoms with Gasteiger partial charge >= 0.3 is 0 Å². The van der Waals surface area contributed by atoms with Gasteiger partial charge in [-0.2, -0.15) is 0 Å². The number of rotatable bonds is 12. The summed E-state index contributed by atoms with van der Waals surface area (Å²) < 4.78 is 5.94. The smallest absolute Gasteiger partial charge is 0.119 e. The average molecular weight is 288 g/mol. The van der Waals surface area contributed by atoms with Crippen LogP contribution in [0, 0.1) is 0 Å². The van der Waals surface area contributed by atoms with Crippen molar-refractivity contribution in [1.29, 1.82) is 0 Å². The van der Waals surface area contributed by atoms with E-state index in [2.05, 4.69) is 20.4 Å². The molecule has 0 bridgehead atoms. The molecule has 0 aromatic heterocycles. The van der Waals surface area contributed by atoms with Crippen molar-refractivity contribution in [2.24, 2.45) is 0 Å². The zero-order chi connectivity index (χ0) is 15.3. The van der Waals surface area contributed by atoms with Gasteiger partial charge in [0.25, 0.3) is 0 Å². The Labute approximate surface area is 131 Å². The summed E-state index contributed by atoms with van der Waals surface area (Å²) in [6.45, 7) is 8.20. The molecule has 0 aliphatic heterocycles. The maximum Gasteiger partial charge on any atom is 0.119 e. The van der Waals surface area contributed by atoms with Crippen LogP contribution in [0.3, 0.4) is 0 Å². The van der Waals surface area contributed by atoms with E-state index in [9.17, 15) is 0 Å². The summed E-state index contributed by atoms with van der Waals surface area (Å²) in [7, 11) is 0. The number of hydrogen-bond donors (Lipinski definition) is 0. The van der Waals surface area contributed by atoms with E-state index in [1.54, 1.807) is 0 Å². The fourth-order valence-corrected chi connectivity index (χ4v) is 2.54. The van der Waals surface area contributed by atoms with Gasteiger partial charge in [0.05, 0.1) is 6.10 Å². The highest BCUT2D eigenvalue weighted by molar-refractivity contribution is 5.48. The van der Waals surface area contributed by atoms with Crippen LogP contribution in [0.4, 0.5) is 0 Å². The van der Waals surface area contributed by atoms with Gasteiger partial charge in [-0.15, -0.1) is 0 Å². The van der Waals surface area contributed by atoms with Gasteiger partial charge in [0, 0.05) is 0 Å². The van der Waals surface area contributed by atoms with E-state index in [4.69, 9.17) is 4.74 Å². The van der Waals surface area contributed by atoms with E-state index in [1.807, 2.05) is 30.3 Å². The lowest BCUT2D eigenvalue weighted by Crippen LogP contribution is -2.11. The van der Waals surface area contributed by atoms with Crippen molar-refractivity contribution in [3.05, 3.63) is 36.4 Å². The Balaban J connectivity index is 2.05. The highest BCUT2D eigenvalue weighted by Crippen LogP contribution is 2.17. The van der Waals surface area contributed by atoms with E-state index in [-0.39, 0.29) is 0 Å². The van der Waals surface area contributed by atoms with Crippen LogP contribution in [-0.4, -0.2) is 6.10 Å². The maximum atomic E-state index is 5.94. The van der Waals surface area contributed by atoms with Gasteiger partial charge in [-0.1, -0.05) is 76.7 Å². The summed E-state index contributed by atoms with van der Waals surface area (Å²) in [4.78, 5) is 0. The second-order valence-corrected chi connectivity index (χ2v) is 5.97. The van der Waals surface area contributed by atoms with Gasteiger partial charge in [0.1, 0.15) is 5.75 Å². The molecule has 0 amide bonds. The molecule has 1 heteroatoms. The predicted octanol–water partition coefficient (Wildman–Crippen LogP) is 6.63. The molecule has 1 aromatic rings. The molecule has 1 atom stereocenters. The molecule has 0 heterocycles. The Bertz CT molecular complexity index is 366. The molecule has 0 aliphatic rings. The van der Waals surface area contributed by atoms with Crippen LogP contribution < -0.4 is 4.74 Å². The molecule has 0 N–H and O–H groups in total. The van der Waals surface area contributed by atoms with E-state index < -0.39 is 0 Å². The van der Waals surface area contributed by atoms with E-state index in [0.29, 0.717) is 6.10 Å². The third-order valence-corrected chi connectivity index (χ3v) is 3.92. The molecular formula is C20H32O. The first kappa shape index (κ1) is 17.8. The lowest BCUT2D eigenvalue weighted by molar-refractivity contribution is 0.206. The van der Waals surface area contributed by atoms with Crippen molar-refractivity contribution < 1.29 is 4.74 Å². The highest BCUT2D eigenvalue weighted by atomic mass is 16.5. The zero-order valence-electron chi connectivity index (χ0n) is 13.9. The summed E-state index contributed by atoms with van der Waals surface area (Å²) >= 11 is 0. The molecule has 118 valence electrons. The first-order valence-corrected chi connectivity index (χ1v) is 8.65. The first-order valence-electron chi connectivity index (χ1n) is 8.65. The topological polar surface area (TPSA) is 9.23 Å². The van der Waals surface area contributed by atoms with Crippen molar-refractivity contribution in [2.75, 3.05) is 0 Å². The lowest BCUT2D eigenvalue weighted by Gasteiger charge is -2.14. The monoisotopic (exact) mass is 288 g/mol. The molecule has 1 nitrogen and oxygen atoms in total. The lowest BCUT2D eigenvalue weighted by atomic mass is 10.1. The Morgan fingerprint density at radius 3 is 2.10 bits per heavy atom. The molecular weight excluding hydrogens is 256 g/mol. The third-order valence-electron chi connectivity index (χ3n) is 3.92. The summed E-state index contributed by atoms with van der Waals surface area (Å²) in [6.07, 6.45) is 14.3. The average Bonchev–Trinajstić information content (AvgIpc) is 2.50. The molecule has 1 aromatic carbocycles. The predicted molar refractivity (Wildman–Crippen MR) is 93.9 cm³/mol. The maximum absolute atomic E-state index is 5.94. The van der Waals surface area contributed by atoms with E-state index in [1.165, 1.54) is 51.4 Å². The summed E-state index contributed by atoms with van der Waals surface area (Å²) in [5.74, 6) is 0.965. The zero-order valence-corrected chi connectivity index (χ0v) is 13.9. The second-order valence-electron chi connectivity index (χ2n) is 5.97. The summed E-state index contributed by atoms with van der Waals surface area (Å²) in [5.41, 5.74) is 1.14. The molecule has 0 saturated carbocycles. The molecule has 0 spiro atoms. The minimum absolute atomic E-state index is 0.305. The molecule has 0 saturated heterocycles. The fourth-order valence-electron chi connectivity index (χ4n) is 2.54. The molecule has 0 radical (unpaired) electrons. The normalized spacial score (nSPS) is 12.1. The van der Waals surface area contributed by atoms with Crippen LogP contribution in [0.15, 0.2) is 30.8 Å². The van der Waals surface area contributed by atoms with Gasteiger partial charge in [-0.3, -0.25) is 0 Å². The molecule has 0 fully saturated rings. The number of hydrogen-bond acceptors (Lipinski definition) is 1. The standard InChI is InChI=1S/C20H32O/c1-4-6-7-8-9-10-11-12-13-18(3)21-20-16-14-19(5-2)15-17-20/h5,14-18H,2,4,6-13H2,1,3H3. The van der Waals surface area contributed by atoms with Crippen molar-refractivity contribution >= 4 is 6.08 Å². The minimum atomic E-state index is 0.305. The van der Waals surface area contributed by atoms with Crippen LogP contribution in [0.2, 0.25) is 0 Å². The quantitative estimate of drug-likeness (QED) is 0.392. The summed E-state index contributed by atoms with van der Waals surface area (Å²) in [5, 5.41) is 0. The van der Waals surface area contributed by atoms with Crippen molar-refractivity contribution in [3.8, 4) is 5.75 Å². The van der Waals surface area contributed by atoms with Crippen LogP contribution in [0.1, 0.15) is 77.2 Å². The van der Waals surface area contributed by atoms with Crippen molar-refractivity contribution in [3.63, 3.8) is 0 Å². The third kappa shape index (κ3) is 8.60. The van der Waals surface area contributed by atoms with E-state index in [0.717, 1.165) is 17.7 Å². The van der Waals surface area contributed by atoms with Gasteiger partial charge in [-0.05, 0) is 37.5 Å². The number of benzene rings is 1. The Morgan fingerprint density at radius 1 is 0.952 bits per heavy atom. The Hall–Kier alpha value is -1.24. The minimum Gasteiger partial charge on any atom is -0.491 e. The van der Waals surface area contributed by atoms with E-state index >= 15 is 0 Å². The van der Waals surface area contributed by atoms with Crippen LogP contribution in [0.5, 0.6) is 5.75 Å². The van der Waals surface area contributed by atoms with Crippen LogP contribution in [-0.2, 0) is 0 Å². The molecule has 0 aliphatic carbocycles. The number of ether oxygens (including phenoxy) is 1. The van der Waals surface area contributed by atoms with Crippen molar-refractivity contribution in [1.82, 2.24) is 0 Å². The number of unbranched alkanes of at least 4 members (excludes halogenated alkanes) is 7. The van der Waals surface area contributed by atoms with Crippen LogP contribution in [0.25, 0.3) is 6.08 Å². The first-order chi connectivity index (χ1) is 10.3. The fraction of sp³-hybridized carbons (Fsp3) is 0.600. The molecule has 1 unspecified atom stereocenters. The highest BCUT2D eigenvalue weighted by Gasteiger charge is 2.03. The van der Waals surface area contributed by atoms with Gasteiger partial charge in [-0.25, -0.2) is 0 Å². The van der Waals surface area contributed by atoms with Gasteiger partial charge in [0.15, 0.2) is 0 Å². The van der Waals surface area contributed by atoms with Gasteiger partial charge in [0.2, 0.25) is 0 Å². The SMILES string of the molecule is C=Cc1ccc(OC(C)CCCCCCCCCC)cc1. The Kier molecular flexibility index (Phi) is 9.69.